The Balaban J connectivity index is 2.33. The quantitative estimate of drug-likeness (QED) is 0.728. The number of hydrogen-bond acceptors (Lipinski definition) is 5. The summed E-state index contributed by atoms with van der Waals surface area (Å²) >= 11 is 0. The van der Waals surface area contributed by atoms with Gasteiger partial charge in [0.05, 0.1) is 30.3 Å². The van der Waals surface area contributed by atoms with E-state index >= 15 is 0 Å². The van der Waals surface area contributed by atoms with Crippen LogP contribution in [-0.4, -0.2) is 36.3 Å². The third-order valence-electron chi connectivity index (χ3n) is 2.58. The van der Waals surface area contributed by atoms with Crippen molar-refractivity contribution in [2.24, 2.45) is 0 Å². The number of aryl methyl sites for hydroxylation is 2. The van der Waals surface area contributed by atoms with Gasteiger partial charge in [0, 0.05) is 13.1 Å². The number of aromatic nitrogens is 2. The summed E-state index contributed by atoms with van der Waals surface area (Å²) < 4.78 is 5.32. The van der Waals surface area contributed by atoms with Crippen LogP contribution in [0, 0.1) is 13.8 Å². The van der Waals surface area contributed by atoms with Crippen LogP contribution in [0.25, 0.3) is 0 Å². The fourth-order valence-corrected chi connectivity index (χ4v) is 1.98. The molecule has 1 aliphatic heterocycles. The van der Waals surface area contributed by atoms with E-state index in [-0.39, 0.29) is 0 Å². The van der Waals surface area contributed by atoms with Crippen LogP contribution >= 0.6 is 0 Å². The fraction of sp³-hybridized carbons (Fsp3) is 0.600. The summed E-state index contributed by atoms with van der Waals surface area (Å²) in [4.78, 5) is 10.6. The Morgan fingerprint density at radius 3 is 2.20 bits per heavy atom. The molecule has 0 aromatic carbocycles. The molecule has 0 unspecified atom stereocenters. The predicted octanol–water partition coefficient (Wildman–Crippen LogP) is 0.512. The maximum atomic E-state index is 5.59. The van der Waals surface area contributed by atoms with E-state index < -0.39 is 0 Å². The molecular formula is C10H16N4O. The second kappa shape index (κ2) is 4.02. The van der Waals surface area contributed by atoms with E-state index in [1.54, 1.807) is 0 Å². The highest BCUT2D eigenvalue weighted by molar-refractivity contribution is 5.55. The minimum absolute atomic E-state index is 0.349. The molecule has 0 aliphatic carbocycles. The normalized spacial score (nSPS) is 16.8. The molecule has 0 atom stereocenters. The number of ether oxygens (including phenoxy) is 1. The molecule has 2 N–H and O–H groups in total. The second-order valence-corrected chi connectivity index (χ2v) is 3.70. The molecule has 1 fully saturated rings. The molecule has 1 aliphatic rings. The highest BCUT2D eigenvalue weighted by Gasteiger charge is 2.17. The molecule has 0 amide bonds. The molecule has 0 bridgehead atoms. The molecule has 2 rings (SSSR count). The number of morpholine rings is 1. The number of nitrogens with two attached hydrogens (primary N) is 1. The number of nitrogen functional groups attached to an aromatic ring is 1. The maximum Gasteiger partial charge on any atom is 0.220 e. The first kappa shape index (κ1) is 10.2. The lowest BCUT2D eigenvalue weighted by Gasteiger charge is -2.30. The predicted molar refractivity (Wildman–Crippen MR) is 59.0 cm³/mol. The third kappa shape index (κ3) is 2.02. The summed E-state index contributed by atoms with van der Waals surface area (Å²) in [5.74, 6) is 0.349. The van der Waals surface area contributed by atoms with Crippen LogP contribution in [0.5, 0.6) is 0 Å². The lowest BCUT2D eigenvalue weighted by Crippen LogP contribution is -2.37. The Morgan fingerprint density at radius 2 is 1.67 bits per heavy atom. The molecule has 1 aromatic rings. The first-order valence-electron chi connectivity index (χ1n) is 5.12. The minimum atomic E-state index is 0.349. The number of hydrogen-bond donors (Lipinski definition) is 1. The highest BCUT2D eigenvalue weighted by Crippen LogP contribution is 2.23. The Labute approximate surface area is 89.3 Å². The first-order valence-corrected chi connectivity index (χ1v) is 5.12. The van der Waals surface area contributed by atoms with E-state index in [0.29, 0.717) is 5.95 Å². The Hall–Kier alpha value is -1.36. The summed E-state index contributed by atoms with van der Waals surface area (Å²) in [7, 11) is 0. The van der Waals surface area contributed by atoms with Crippen LogP contribution in [0.2, 0.25) is 0 Å². The smallest absolute Gasteiger partial charge is 0.220 e. The summed E-state index contributed by atoms with van der Waals surface area (Å²) in [6, 6.07) is 0. The lowest BCUT2D eigenvalue weighted by atomic mass is 10.2. The molecule has 1 saturated heterocycles. The van der Waals surface area contributed by atoms with Gasteiger partial charge in [0.25, 0.3) is 0 Å². The van der Waals surface area contributed by atoms with Gasteiger partial charge in [-0.15, -0.1) is 0 Å². The van der Waals surface area contributed by atoms with Crippen molar-refractivity contribution in [3.8, 4) is 0 Å². The zero-order chi connectivity index (χ0) is 10.8. The van der Waals surface area contributed by atoms with Crippen molar-refractivity contribution in [3.63, 3.8) is 0 Å². The van der Waals surface area contributed by atoms with Gasteiger partial charge in [-0.05, 0) is 13.8 Å². The maximum absolute atomic E-state index is 5.59. The molecule has 15 heavy (non-hydrogen) atoms. The van der Waals surface area contributed by atoms with E-state index in [4.69, 9.17) is 10.5 Å². The van der Waals surface area contributed by atoms with Gasteiger partial charge < -0.3 is 15.4 Å². The van der Waals surface area contributed by atoms with Crippen molar-refractivity contribution >= 4 is 11.6 Å². The molecule has 1 aromatic heterocycles. The molecule has 5 nitrogen and oxygen atoms in total. The molecule has 2 heterocycles. The van der Waals surface area contributed by atoms with Crippen molar-refractivity contribution in [2.45, 2.75) is 13.8 Å². The van der Waals surface area contributed by atoms with E-state index in [9.17, 15) is 0 Å². The number of anilines is 2. The van der Waals surface area contributed by atoms with Crippen molar-refractivity contribution < 1.29 is 4.74 Å². The minimum Gasteiger partial charge on any atom is -0.378 e. The largest absolute Gasteiger partial charge is 0.378 e. The first-order chi connectivity index (χ1) is 7.18. The van der Waals surface area contributed by atoms with Gasteiger partial charge in [-0.1, -0.05) is 0 Å². The Kier molecular flexibility index (Phi) is 2.73. The highest BCUT2D eigenvalue weighted by atomic mass is 16.5. The van der Waals surface area contributed by atoms with Gasteiger partial charge in [-0.25, -0.2) is 9.97 Å². The van der Waals surface area contributed by atoms with Crippen LogP contribution in [0.4, 0.5) is 11.6 Å². The average Bonchev–Trinajstić information content (AvgIpc) is 2.17. The Bertz CT molecular complexity index is 337. The van der Waals surface area contributed by atoms with Gasteiger partial charge in [-0.3, -0.25) is 0 Å². The fourth-order valence-electron chi connectivity index (χ4n) is 1.98. The third-order valence-corrected chi connectivity index (χ3v) is 2.58. The molecule has 0 radical (unpaired) electrons. The average molecular weight is 208 g/mol. The topological polar surface area (TPSA) is 64.3 Å². The van der Waals surface area contributed by atoms with Crippen molar-refractivity contribution in [2.75, 3.05) is 36.9 Å². The summed E-state index contributed by atoms with van der Waals surface area (Å²) in [5.41, 5.74) is 8.59. The zero-order valence-corrected chi connectivity index (χ0v) is 9.16. The molecule has 82 valence electrons. The van der Waals surface area contributed by atoms with E-state index in [1.165, 1.54) is 0 Å². The lowest BCUT2D eigenvalue weighted by molar-refractivity contribution is 0.122. The standard InChI is InChI=1S/C10H16N4O/c1-7-9(8(2)13-10(11)12-7)14-3-5-15-6-4-14/h3-6H2,1-2H3,(H2,11,12,13). The second-order valence-electron chi connectivity index (χ2n) is 3.70. The van der Waals surface area contributed by atoms with Gasteiger partial charge in [0.1, 0.15) is 0 Å². The zero-order valence-electron chi connectivity index (χ0n) is 9.16. The van der Waals surface area contributed by atoms with Crippen molar-refractivity contribution in [1.29, 1.82) is 0 Å². The van der Waals surface area contributed by atoms with Crippen LogP contribution in [0.3, 0.4) is 0 Å². The van der Waals surface area contributed by atoms with Crippen LogP contribution < -0.4 is 10.6 Å². The number of nitrogens with zero attached hydrogens (tertiary/aromatic N) is 3. The summed E-state index contributed by atoms with van der Waals surface area (Å²) in [6.07, 6.45) is 0. The van der Waals surface area contributed by atoms with E-state index in [0.717, 1.165) is 43.4 Å². The monoisotopic (exact) mass is 208 g/mol. The Morgan fingerprint density at radius 1 is 1.13 bits per heavy atom. The van der Waals surface area contributed by atoms with Crippen molar-refractivity contribution in [1.82, 2.24) is 9.97 Å². The van der Waals surface area contributed by atoms with Crippen LogP contribution in [-0.2, 0) is 4.74 Å². The van der Waals surface area contributed by atoms with Crippen molar-refractivity contribution in [3.05, 3.63) is 11.4 Å². The van der Waals surface area contributed by atoms with E-state index in [2.05, 4.69) is 14.9 Å². The number of rotatable bonds is 1. The SMILES string of the molecule is Cc1nc(N)nc(C)c1N1CCOCC1. The van der Waals surface area contributed by atoms with Gasteiger partial charge in [0.2, 0.25) is 5.95 Å². The summed E-state index contributed by atoms with van der Waals surface area (Å²) in [6.45, 7) is 7.27. The van der Waals surface area contributed by atoms with E-state index in [1.807, 2.05) is 13.8 Å². The molecule has 0 saturated carbocycles. The molecule has 5 heteroatoms. The van der Waals surface area contributed by atoms with Crippen LogP contribution in [0.15, 0.2) is 0 Å². The van der Waals surface area contributed by atoms with Gasteiger partial charge in [0.15, 0.2) is 0 Å². The molecule has 0 spiro atoms. The summed E-state index contributed by atoms with van der Waals surface area (Å²) in [5, 5.41) is 0. The van der Waals surface area contributed by atoms with Crippen LogP contribution in [0.1, 0.15) is 11.4 Å². The van der Waals surface area contributed by atoms with Gasteiger partial charge >= 0.3 is 0 Å². The van der Waals surface area contributed by atoms with Gasteiger partial charge in [-0.2, -0.15) is 0 Å². The molecular weight excluding hydrogens is 192 g/mol.